The van der Waals surface area contributed by atoms with Crippen molar-refractivity contribution < 1.29 is 4.79 Å². The number of halogens is 1. The summed E-state index contributed by atoms with van der Waals surface area (Å²) in [5, 5.41) is 4.19. The zero-order valence-electron chi connectivity index (χ0n) is 12.2. The van der Waals surface area contributed by atoms with Crippen molar-refractivity contribution in [2.24, 2.45) is 0 Å². The minimum atomic E-state index is -0.0985. The fourth-order valence-electron chi connectivity index (χ4n) is 2.24. The van der Waals surface area contributed by atoms with Crippen molar-refractivity contribution in [3.63, 3.8) is 0 Å². The largest absolute Gasteiger partial charge is 0.333 e. The van der Waals surface area contributed by atoms with Crippen LogP contribution in [0.5, 0.6) is 0 Å². The Hall–Kier alpha value is -1.90. The van der Waals surface area contributed by atoms with Gasteiger partial charge in [-0.1, -0.05) is 51.2 Å². The highest BCUT2D eigenvalue weighted by atomic mass is 79.9. The van der Waals surface area contributed by atoms with Crippen molar-refractivity contribution in [3.8, 4) is 0 Å². The van der Waals surface area contributed by atoms with E-state index in [1.807, 2.05) is 42.5 Å². The number of fused-ring (bicyclic) bond motifs is 2. The van der Waals surface area contributed by atoms with Crippen LogP contribution in [0.1, 0.15) is 0 Å². The smallest absolute Gasteiger partial charge is 0.236 e. The number of para-hydroxylation sites is 2. The molecule has 0 fully saturated rings. The molecule has 2 N–H and O–H groups in total. The number of thiazole rings is 1. The van der Waals surface area contributed by atoms with Crippen molar-refractivity contribution in [2.75, 3.05) is 11.1 Å². The number of nitrogens with one attached hydrogen (secondary N) is 2. The fraction of sp³-hybridized carbons (Fsp3) is 0.0625. The van der Waals surface area contributed by atoms with E-state index >= 15 is 0 Å². The predicted molar refractivity (Wildman–Crippen MR) is 103 cm³/mol. The molecular formula is C16H11BrN4OS2. The Morgan fingerprint density at radius 2 is 2.08 bits per heavy atom. The van der Waals surface area contributed by atoms with Gasteiger partial charge in [0.15, 0.2) is 10.3 Å². The van der Waals surface area contributed by atoms with Gasteiger partial charge >= 0.3 is 0 Å². The minimum absolute atomic E-state index is 0.0985. The molecule has 2 heterocycles. The van der Waals surface area contributed by atoms with Crippen LogP contribution in [-0.4, -0.2) is 26.6 Å². The Kier molecular flexibility index (Phi) is 4.26. The molecule has 1 amide bonds. The highest BCUT2D eigenvalue weighted by Gasteiger charge is 2.10. The SMILES string of the molecule is O=C(CSc1nc2ccccc2[nH]1)Nc1nc2ccc(Br)cc2s1. The summed E-state index contributed by atoms with van der Waals surface area (Å²) in [6.45, 7) is 0. The summed E-state index contributed by atoms with van der Waals surface area (Å²) >= 11 is 6.27. The first-order chi connectivity index (χ1) is 11.7. The molecular weight excluding hydrogens is 408 g/mol. The van der Waals surface area contributed by atoms with E-state index < -0.39 is 0 Å². The molecule has 0 aliphatic rings. The van der Waals surface area contributed by atoms with E-state index in [1.54, 1.807) is 0 Å². The maximum atomic E-state index is 12.1. The second kappa shape index (κ2) is 6.54. The number of thioether (sulfide) groups is 1. The van der Waals surface area contributed by atoms with Crippen LogP contribution in [-0.2, 0) is 4.79 Å². The van der Waals surface area contributed by atoms with Gasteiger partial charge in [0.1, 0.15) is 0 Å². The lowest BCUT2D eigenvalue weighted by Gasteiger charge is -1.99. The number of H-pyrrole nitrogens is 1. The van der Waals surface area contributed by atoms with Gasteiger partial charge in [0.25, 0.3) is 0 Å². The number of anilines is 1. The molecule has 0 radical (unpaired) electrons. The summed E-state index contributed by atoms with van der Waals surface area (Å²) in [6, 6.07) is 13.6. The van der Waals surface area contributed by atoms with Crippen molar-refractivity contribution in [1.82, 2.24) is 15.0 Å². The van der Waals surface area contributed by atoms with Crippen LogP contribution in [0.3, 0.4) is 0 Å². The van der Waals surface area contributed by atoms with Crippen molar-refractivity contribution in [2.45, 2.75) is 5.16 Å². The van der Waals surface area contributed by atoms with Crippen LogP contribution in [0, 0.1) is 0 Å². The van der Waals surface area contributed by atoms with Crippen LogP contribution < -0.4 is 5.32 Å². The molecule has 24 heavy (non-hydrogen) atoms. The molecule has 8 heteroatoms. The van der Waals surface area contributed by atoms with Gasteiger partial charge in [0, 0.05) is 4.47 Å². The van der Waals surface area contributed by atoms with Crippen LogP contribution in [0.4, 0.5) is 5.13 Å². The molecule has 0 unspecified atom stereocenters. The molecule has 2 aromatic heterocycles. The van der Waals surface area contributed by atoms with Crippen LogP contribution in [0.2, 0.25) is 0 Å². The molecule has 0 atom stereocenters. The third-order valence-corrected chi connectivity index (χ3v) is 5.60. The third kappa shape index (κ3) is 3.31. The summed E-state index contributed by atoms with van der Waals surface area (Å²) in [6.07, 6.45) is 0. The molecule has 0 aliphatic heterocycles. The normalized spacial score (nSPS) is 11.2. The van der Waals surface area contributed by atoms with Gasteiger partial charge in [0.05, 0.1) is 27.0 Å². The zero-order valence-corrected chi connectivity index (χ0v) is 15.5. The number of benzene rings is 2. The average molecular weight is 419 g/mol. The number of aromatic amines is 1. The average Bonchev–Trinajstić information content (AvgIpc) is 3.15. The summed E-state index contributed by atoms with van der Waals surface area (Å²) in [4.78, 5) is 24.2. The number of carbonyl (C=O) groups is 1. The first kappa shape index (κ1) is 15.6. The van der Waals surface area contributed by atoms with Gasteiger partial charge in [-0.15, -0.1) is 0 Å². The van der Waals surface area contributed by atoms with E-state index in [0.717, 1.165) is 30.9 Å². The maximum Gasteiger partial charge on any atom is 0.236 e. The van der Waals surface area contributed by atoms with Crippen molar-refractivity contribution in [1.29, 1.82) is 0 Å². The topological polar surface area (TPSA) is 70.7 Å². The van der Waals surface area contributed by atoms with E-state index in [1.165, 1.54) is 23.1 Å². The second-order valence-electron chi connectivity index (χ2n) is 5.03. The number of nitrogens with zero attached hydrogens (tertiary/aromatic N) is 2. The number of hydrogen-bond acceptors (Lipinski definition) is 5. The monoisotopic (exact) mass is 418 g/mol. The first-order valence-corrected chi connectivity index (χ1v) is 9.70. The van der Waals surface area contributed by atoms with Gasteiger partial charge in [0.2, 0.25) is 5.91 Å². The third-order valence-electron chi connectivity index (χ3n) is 3.30. The Labute approximate surface area is 154 Å². The van der Waals surface area contributed by atoms with Crippen LogP contribution in [0.15, 0.2) is 52.1 Å². The van der Waals surface area contributed by atoms with E-state index in [9.17, 15) is 4.79 Å². The van der Waals surface area contributed by atoms with Gasteiger partial charge in [-0.05, 0) is 30.3 Å². The number of carbonyl (C=O) groups excluding carboxylic acids is 1. The molecule has 4 rings (SSSR count). The van der Waals surface area contributed by atoms with Crippen LogP contribution >= 0.6 is 39.0 Å². The predicted octanol–water partition coefficient (Wildman–Crippen LogP) is 4.67. The Balaban J connectivity index is 1.42. The number of amides is 1. The summed E-state index contributed by atoms with van der Waals surface area (Å²) in [5.41, 5.74) is 2.75. The molecule has 120 valence electrons. The highest BCUT2D eigenvalue weighted by molar-refractivity contribution is 9.10. The lowest BCUT2D eigenvalue weighted by molar-refractivity contribution is -0.113. The number of aromatic nitrogens is 3. The van der Waals surface area contributed by atoms with Crippen LogP contribution in [0.25, 0.3) is 21.3 Å². The summed E-state index contributed by atoms with van der Waals surface area (Å²) < 4.78 is 2.03. The molecule has 0 saturated carbocycles. The quantitative estimate of drug-likeness (QED) is 0.472. The van der Waals surface area contributed by atoms with E-state index in [2.05, 4.69) is 36.2 Å². The zero-order chi connectivity index (χ0) is 16.5. The minimum Gasteiger partial charge on any atom is -0.333 e. The lowest BCUT2D eigenvalue weighted by Crippen LogP contribution is -2.13. The number of rotatable bonds is 4. The summed E-state index contributed by atoms with van der Waals surface area (Å²) in [5.74, 6) is 0.179. The fourth-order valence-corrected chi connectivity index (χ4v) is 4.36. The molecule has 5 nitrogen and oxygen atoms in total. The van der Waals surface area contributed by atoms with E-state index in [4.69, 9.17) is 0 Å². The highest BCUT2D eigenvalue weighted by Crippen LogP contribution is 2.28. The molecule has 0 saturated heterocycles. The molecule has 4 aromatic rings. The Morgan fingerprint density at radius 1 is 1.21 bits per heavy atom. The second-order valence-corrected chi connectivity index (χ2v) is 7.94. The first-order valence-electron chi connectivity index (χ1n) is 7.11. The number of imidazole rings is 1. The molecule has 2 aromatic carbocycles. The van der Waals surface area contributed by atoms with Gasteiger partial charge in [-0.3, -0.25) is 4.79 Å². The van der Waals surface area contributed by atoms with Crippen molar-refractivity contribution in [3.05, 3.63) is 46.9 Å². The standard InChI is InChI=1S/C16H11BrN4OS2/c17-9-5-6-12-13(7-9)24-16(20-12)21-14(22)8-23-15-18-10-3-1-2-4-11(10)19-15/h1-7H,8H2,(H,18,19)(H,20,21,22). The summed E-state index contributed by atoms with van der Waals surface area (Å²) in [7, 11) is 0. The van der Waals surface area contributed by atoms with Crippen molar-refractivity contribution >= 4 is 71.3 Å². The molecule has 0 aliphatic carbocycles. The Morgan fingerprint density at radius 3 is 2.96 bits per heavy atom. The maximum absolute atomic E-state index is 12.1. The van der Waals surface area contributed by atoms with Gasteiger partial charge < -0.3 is 10.3 Å². The van der Waals surface area contributed by atoms with E-state index in [-0.39, 0.29) is 11.7 Å². The lowest BCUT2D eigenvalue weighted by atomic mass is 10.3. The number of hydrogen-bond donors (Lipinski definition) is 2. The molecule has 0 bridgehead atoms. The van der Waals surface area contributed by atoms with E-state index in [0.29, 0.717) is 5.13 Å². The van der Waals surface area contributed by atoms with Gasteiger partial charge in [-0.25, -0.2) is 9.97 Å². The Bertz CT molecular complexity index is 1010. The molecule has 0 spiro atoms. The van der Waals surface area contributed by atoms with Gasteiger partial charge in [-0.2, -0.15) is 0 Å².